The summed E-state index contributed by atoms with van der Waals surface area (Å²) in [5.41, 5.74) is 3.66. The normalized spacial score (nSPS) is 8.95. The van der Waals surface area contributed by atoms with E-state index in [4.69, 9.17) is 46.4 Å². The Morgan fingerprint density at radius 2 is 0.579 bits per heavy atom. The Kier molecular flexibility index (Phi) is 20.4. The average Bonchev–Trinajstić information content (AvgIpc) is 2.85. The van der Waals surface area contributed by atoms with E-state index in [1.54, 1.807) is 97.1 Å². The first-order valence-corrected chi connectivity index (χ1v) is 11.4. The third kappa shape index (κ3) is 11.6. The van der Waals surface area contributed by atoms with E-state index in [0.717, 1.165) is 22.3 Å². The summed E-state index contributed by atoms with van der Waals surface area (Å²) >= 11 is 23.2. The van der Waals surface area contributed by atoms with Crippen molar-refractivity contribution in [2.24, 2.45) is 10.3 Å². The Morgan fingerprint density at radius 1 is 0.421 bits per heavy atom. The van der Waals surface area contributed by atoms with Crippen molar-refractivity contribution in [1.29, 1.82) is 0 Å². The van der Waals surface area contributed by atoms with Crippen LogP contribution in [0, 0.1) is 10.4 Å². The van der Waals surface area contributed by atoms with Crippen LogP contribution in [-0.4, -0.2) is 11.4 Å². The van der Waals surface area contributed by atoms with Crippen LogP contribution in [-0.2, 0) is 40.8 Å². The molecule has 4 aromatic rings. The van der Waals surface area contributed by atoms with Crippen LogP contribution in [0.25, 0.3) is 0 Å². The predicted molar refractivity (Wildman–Crippen MR) is 158 cm³/mol. The molecule has 0 unspecified atom stereocenters. The minimum atomic E-state index is 0. The molecule has 4 aromatic carbocycles. The minimum absolute atomic E-state index is 0. The van der Waals surface area contributed by atoms with Gasteiger partial charge in [-0.3, -0.25) is 0 Å². The zero-order valence-corrected chi connectivity index (χ0v) is 26.7. The molecular formula is C26H18Cl6N2O2Pd2. The summed E-state index contributed by atoms with van der Waals surface area (Å²) in [5.74, 6) is 0. The molecule has 4 nitrogen and oxygen atoms in total. The molecule has 0 fully saturated rings. The van der Waals surface area contributed by atoms with Gasteiger partial charge >= 0.3 is 20.4 Å². The van der Waals surface area contributed by atoms with Gasteiger partial charge in [-0.1, -0.05) is 94.9 Å². The quantitative estimate of drug-likeness (QED) is 0.117. The van der Waals surface area contributed by atoms with Crippen LogP contribution in [0.1, 0.15) is 22.3 Å². The fourth-order valence-electron chi connectivity index (χ4n) is 2.98. The maximum Gasteiger partial charge on any atom is 2.00 e. The zero-order valence-electron chi connectivity index (χ0n) is 18.9. The van der Waals surface area contributed by atoms with E-state index in [1.165, 1.54) is 0 Å². The summed E-state index contributed by atoms with van der Waals surface area (Å²) in [6.45, 7) is 0. The van der Waals surface area contributed by atoms with E-state index in [0.29, 0.717) is 31.5 Å². The van der Waals surface area contributed by atoms with Crippen molar-refractivity contribution in [1.82, 2.24) is 0 Å². The van der Waals surface area contributed by atoms with Crippen LogP contribution in [0.5, 0.6) is 0 Å². The van der Waals surface area contributed by atoms with Gasteiger partial charge in [-0.25, -0.2) is 0 Å². The molecular weight excluding hydrogens is 798 g/mol. The number of benzene rings is 4. The first-order chi connectivity index (χ1) is 16.4. The maximum absolute atomic E-state index is 10.9. The van der Waals surface area contributed by atoms with E-state index in [-0.39, 0.29) is 65.7 Å². The van der Waals surface area contributed by atoms with Crippen molar-refractivity contribution in [2.75, 3.05) is 0 Å². The molecule has 0 saturated carbocycles. The second kappa shape index (κ2) is 19.9. The van der Waals surface area contributed by atoms with Gasteiger partial charge in [-0.15, -0.1) is 24.8 Å². The van der Waals surface area contributed by atoms with Crippen LogP contribution < -0.4 is 0 Å². The van der Waals surface area contributed by atoms with E-state index in [1.807, 2.05) is 0 Å². The largest absolute Gasteiger partial charge is 2.00 e. The molecule has 206 valence electrons. The fourth-order valence-corrected chi connectivity index (χ4v) is 3.48. The number of nitrogens with zero attached hydrogens (tertiary/aromatic N) is 2. The maximum atomic E-state index is 10.9. The smallest absolute Gasteiger partial charge is 0.791 e. The van der Waals surface area contributed by atoms with Gasteiger partial charge in [-0.05, 0) is 70.8 Å². The van der Waals surface area contributed by atoms with Crippen molar-refractivity contribution in [3.8, 4) is 0 Å². The predicted octanol–water partition coefficient (Wildman–Crippen LogP) is 9.50. The van der Waals surface area contributed by atoms with E-state index in [9.17, 15) is 10.4 Å². The summed E-state index contributed by atoms with van der Waals surface area (Å²) < 4.78 is 0. The van der Waals surface area contributed by atoms with Crippen molar-refractivity contribution in [3.05, 3.63) is 150 Å². The minimum Gasteiger partial charge on any atom is -0.791 e. The van der Waals surface area contributed by atoms with Gasteiger partial charge in [0.05, 0.1) is 11.4 Å². The zero-order chi connectivity index (χ0) is 24.5. The Bertz CT molecular complexity index is 1090. The molecule has 0 aliphatic heterocycles. The fraction of sp³-hybridized carbons (Fsp3) is 0. The van der Waals surface area contributed by atoms with Gasteiger partial charge in [0.2, 0.25) is 0 Å². The molecule has 38 heavy (non-hydrogen) atoms. The molecule has 12 heteroatoms. The molecule has 0 heterocycles. The Hall–Kier alpha value is -1.12. The van der Waals surface area contributed by atoms with Gasteiger partial charge in [0.1, 0.15) is 0 Å². The topological polar surface area (TPSA) is 70.8 Å². The monoisotopic (exact) mass is 812 g/mol. The second-order valence-corrected chi connectivity index (χ2v) is 8.65. The summed E-state index contributed by atoms with van der Waals surface area (Å²) in [6, 6.07) is 27.8. The van der Waals surface area contributed by atoms with Crippen LogP contribution in [0.2, 0.25) is 20.1 Å². The van der Waals surface area contributed by atoms with Gasteiger partial charge < -0.3 is 20.7 Å². The van der Waals surface area contributed by atoms with Crippen LogP contribution in [0.4, 0.5) is 0 Å². The third-order valence-corrected chi connectivity index (χ3v) is 5.66. The molecule has 0 saturated heterocycles. The molecule has 0 bridgehead atoms. The number of halogens is 6. The SMILES string of the molecule is Cl.Cl.[O-]N=C(c1ccc(Cl)cc1)c1ccc(Cl)cc1.[O-]N=C(c1ccc(Cl)cc1)c1ccc(Cl)cc1.[Pd+2].[Pd]. The summed E-state index contributed by atoms with van der Waals surface area (Å²) in [5, 5.41) is 30.5. The van der Waals surface area contributed by atoms with Gasteiger partial charge in [0.15, 0.2) is 0 Å². The third-order valence-electron chi connectivity index (χ3n) is 4.65. The van der Waals surface area contributed by atoms with Gasteiger partial charge in [-0.2, -0.15) is 0 Å². The second-order valence-electron chi connectivity index (χ2n) is 6.91. The van der Waals surface area contributed by atoms with Crippen molar-refractivity contribution in [3.63, 3.8) is 0 Å². The van der Waals surface area contributed by atoms with Gasteiger partial charge in [0, 0.05) is 40.5 Å². The first-order valence-electron chi connectivity index (χ1n) is 9.85. The molecule has 0 aliphatic carbocycles. The Morgan fingerprint density at radius 3 is 0.711 bits per heavy atom. The molecule has 0 aliphatic rings. The van der Waals surface area contributed by atoms with E-state index < -0.39 is 0 Å². The van der Waals surface area contributed by atoms with E-state index in [2.05, 4.69) is 10.3 Å². The molecule has 0 N–H and O–H groups in total. The summed E-state index contributed by atoms with van der Waals surface area (Å²) in [6.07, 6.45) is 0. The first kappa shape index (κ1) is 39.0. The van der Waals surface area contributed by atoms with Gasteiger partial charge in [0.25, 0.3) is 0 Å². The van der Waals surface area contributed by atoms with Crippen LogP contribution in [0.3, 0.4) is 0 Å². The number of hydrogen-bond acceptors (Lipinski definition) is 4. The Balaban J connectivity index is 0. The van der Waals surface area contributed by atoms with Crippen LogP contribution in [0.15, 0.2) is 107 Å². The number of hydrogen-bond donors (Lipinski definition) is 0. The van der Waals surface area contributed by atoms with E-state index >= 15 is 0 Å². The van der Waals surface area contributed by atoms with Crippen LogP contribution >= 0.6 is 71.2 Å². The van der Waals surface area contributed by atoms with Crippen molar-refractivity contribution >= 4 is 82.6 Å². The van der Waals surface area contributed by atoms with Crippen molar-refractivity contribution in [2.45, 2.75) is 0 Å². The van der Waals surface area contributed by atoms with Crippen molar-refractivity contribution < 1.29 is 40.8 Å². The number of rotatable bonds is 4. The molecule has 0 radical (unpaired) electrons. The summed E-state index contributed by atoms with van der Waals surface area (Å²) in [4.78, 5) is 0. The molecule has 0 aromatic heterocycles. The molecule has 0 atom stereocenters. The Labute approximate surface area is 281 Å². The summed E-state index contributed by atoms with van der Waals surface area (Å²) in [7, 11) is 0. The molecule has 0 amide bonds. The average molecular weight is 816 g/mol. The standard InChI is InChI=1S/2C13H9Cl2NO.2ClH.2Pd/c2*14-11-5-1-9(2-6-11)13(16-17)10-3-7-12(15)8-4-10;;;;/h2*1-8,17H;2*1H;;/q;;;;;+2/p-2. The molecule has 4 rings (SSSR count). The molecule has 0 spiro atoms.